The van der Waals surface area contributed by atoms with Crippen LogP contribution in [0, 0.1) is 0 Å². The van der Waals surface area contributed by atoms with E-state index in [1.165, 1.54) is 24.3 Å². The van der Waals surface area contributed by atoms with Crippen molar-refractivity contribution in [1.82, 2.24) is 0 Å². The van der Waals surface area contributed by atoms with Crippen LogP contribution >= 0.6 is 0 Å². The number of carbonyl (C=O) groups is 1. The molecule has 1 heterocycles. The quantitative estimate of drug-likeness (QED) is 0.606. The van der Waals surface area contributed by atoms with Crippen LogP contribution in [0.15, 0.2) is 35.3 Å². The van der Waals surface area contributed by atoms with E-state index in [1.807, 2.05) is 0 Å². The molecule has 0 radical (unpaired) electrons. The number of anilines is 1. The Hall–Kier alpha value is -2.58. The largest absolute Gasteiger partial charge is 0.454 e. The molecule has 1 N–H and O–H groups in total. The number of rotatable bonds is 1. The maximum Gasteiger partial charge on any atom is 0.454 e. The Morgan fingerprint density at radius 3 is 2.28 bits per heavy atom. The van der Waals surface area contributed by atoms with Crippen molar-refractivity contribution in [1.29, 1.82) is 0 Å². The third kappa shape index (κ3) is 3.06. The smallest absolute Gasteiger partial charge is 0.382 e. The topological polar surface area (TPSA) is 41.5 Å². The van der Waals surface area contributed by atoms with Crippen molar-refractivity contribution in [2.75, 3.05) is 18.4 Å². The molecule has 0 unspecified atom stereocenters. The van der Waals surface area contributed by atoms with Crippen LogP contribution in [0.2, 0.25) is 0 Å². The second kappa shape index (κ2) is 5.75. The summed E-state index contributed by atoms with van der Waals surface area (Å²) in [4.78, 5) is 15.2. The molecule has 25 heavy (non-hydrogen) atoms. The minimum atomic E-state index is -5.20. The van der Waals surface area contributed by atoms with Crippen molar-refractivity contribution < 1.29 is 31.1 Å². The van der Waals surface area contributed by atoms with Gasteiger partial charge in [0.2, 0.25) is 0 Å². The lowest BCUT2D eigenvalue weighted by molar-refractivity contribution is -0.0884. The van der Waals surface area contributed by atoms with E-state index >= 15 is 0 Å². The molecule has 0 bridgehead atoms. The van der Waals surface area contributed by atoms with Gasteiger partial charge >= 0.3 is 12.4 Å². The highest BCUT2D eigenvalue weighted by molar-refractivity contribution is 6.20. The van der Waals surface area contributed by atoms with Gasteiger partial charge in [-0.1, -0.05) is 24.3 Å². The van der Waals surface area contributed by atoms with Gasteiger partial charge in [0, 0.05) is 23.1 Å². The van der Waals surface area contributed by atoms with Gasteiger partial charge in [-0.05, 0) is 11.5 Å². The van der Waals surface area contributed by atoms with Crippen LogP contribution in [0.5, 0.6) is 0 Å². The van der Waals surface area contributed by atoms with Crippen LogP contribution in [0.3, 0.4) is 0 Å². The number of nitrogens with one attached hydrogen (secondary N) is 1. The van der Waals surface area contributed by atoms with Crippen molar-refractivity contribution in [3.05, 3.63) is 41.5 Å². The first kappa shape index (κ1) is 17.2. The highest BCUT2D eigenvalue weighted by Crippen LogP contribution is 2.37. The van der Waals surface area contributed by atoms with Gasteiger partial charge in [0.25, 0.3) is 5.78 Å². The van der Waals surface area contributed by atoms with Crippen LogP contribution in [-0.2, 0) is 0 Å². The van der Waals surface area contributed by atoms with Crippen LogP contribution in [0.25, 0.3) is 10.8 Å². The number of carbonyl (C=O) groups excluding carboxylic acids is 1. The Morgan fingerprint density at radius 1 is 1.04 bits per heavy atom. The van der Waals surface area contributed by atoms with Crippen molar-refractivity contribution in [3.63, 3.8) is 0 Å². The second-order valence-electron chi connectivity index (χ2n) is 5.37. The van der Waals surface area contributed by atoms with E-state index in [9.17, 15) is 31.1 Å². The van der Waals surface area contributed by atoms with Gasteiger partial charge in [0.1, 0.15) is 5.71 Å². The SMILES string of the molecule is O=C(c1cc2c(c3ccccc13)NCCN=C2C(F)(F)F)C(F)(F)F. The van der Waals surface area contributed by atoms with E-state index in [4.69, 9.17) is 0 Å². The molecule has 2 aromatic rings. The lowest BCUT2D eigenvalue weighted by Gasteiger charge is -2.18. The molecule has 132 valence electrons. The third-order valence-corrected chi connectivity index (χ3v) is 3.75. The number of ketones is 1. The second-order valence-corrected chi connectivity index (χ2v) is 5.37. The summed E-state index contributed by atoms with van der Waals surface area (Å²) in [6, 6.07) is 6.15. The predicted octanol–water partition coefficient (Wildman–Crippen LogP) is 4.36. The minimum absolute atomic E-state index is 0.0166. The fraction of sp³-hybridized carbons (Fsp3) is 0.250. The van der Waals surface area contributed by atoms with E-state index in [1.54, 1.807) is 0 Å². The fourth-order valence-electron chi connectivity index (χ4n) is 2.77. The van der Waals surface area contributed by atoms with Crippen molar-refractivity contribution in [3.8, 4) is 0 Å². The van der Waals surface area contributed by atoms with E-state index in [0.29, 0.717) is 6.07 Å². The van der Waals surface area contributed by atoms with E-state index in [-0.39, 0.29) is 29.5 Å². The number of hydrogen-bond donors (Lipinski definition) is 1. The zero-order valence-electron chi connectivity index (χ0n) is 12.4. The fourth-order valence-corrected chi connectivity index (χ4v) is 2.77. The lowest BCUT2D eigenvalue weighted by Crippen LogP contribution is -2.27. The predicted molar refractivity (Wildman–Crippen MR) is 80.3 cm³/mol. The number of Topliss-reactive ketones (excluding diaryl/α,β-unsaturated/α-hetero) is 1. The summed E-state index contributed by atoms with van der Waals surface area (Å²) in [5.74, 6) is -2.20. The summed E-state index contributed by atoms with van der Waals surface area (Å²) < 4.78 is 78.6. The number of aliphatic imine (C=N–C) groups is 1. The molecule has 0 saturated carbocycles. The molecule has 0 spiro atoms. The lowest BCUT2D eigenvalue weighted by atomic mass is 9.93. The molecule has 2 aromatic carbocycles. The highest BCUT2D eigenvalue weighted by Gasteiger charge is 2.43. The Morgan fingerprint density at radius 2 is 1.68 bits per heavy atom. The standard InChI is InChI=1S/C16H10F6N2O/c17-15(18,19)13-11-7-10(14(25)16(20,21)22)8-3-1-2-4-9(8)12(11)23-5-6-24-13/h1-4,7,23H,5-6H2. The molecule has 3 nitrogen and oxygen atoms in total. The van der Waals surface area contributed by atoms with Crippen LogP contribution < -0.4 is 5.32 Å². The summed E-state index contributed by atoms with van der Waals surface area (Å²) in [5.41, 5.74) is -2.67. The van der Waals surface area contributed by atoms with Gasteiger partial charge in [0.05, 0.1) is 12.2 Å². The number of alkyl halides is 6. The van der Waals surface area contributed by atoms with Crippen LogP contribution in [-0.4, -0.2) is 36.9 Å². The van der Waals surface area contributed by atoms with Crippen LogP contribution in [0.1, 0.15) is 15.9 Å². The molecule has 3 rings (SSSR count). The molecule has 0 fully saturated rings. The van der Waals surface area contributed by atoms with Gasteiger partial charge in [-0.15, -0.1) is 0 Å². The Bertz CT molecular complexity index is 883. The molecule has 0 atom stereocenters. The average molecular weight is 360 g/mol. The first-order valence-electron chi connectivity index (χ1n) is 7.14. The van der Waals surface area contributed by atoms with Gasteiger partial charge < -0.3 is 5.32 Å². The molecule has 0 aromatic heterocycles. The zero-order chi connectivity index (χ0) is 18.4. The van der Waals surface area contributed by atoms with Crippen molar-refractivity contribution in [2.24, 2.45) is 4.99 Å². The number of benzene rings is 2. The van der Waals surface area contributed by atoms with Gasteiger partial charge in [-0.25, -0.2) is 0 Å². The third-order valence-electron chi connectivity index (χ3n) is 3.75. The van der Waals surface area contributed by atoms with Crippen molar-refractivity contribution >= 4 is 28.0 Å². The zero-order valence-corrected chi connectivity index (χ0v) is 12.4. The molecule has 0 aliphatic carbocycles. The Kier molecular flexibility index (Phi) is 3.97. The first-order valence-corrected chi connectivity index (χ1v) is 7.14. The molecular weight excluding hydrogens is 350 g/mol. The van der Waals surface area contributed by atoms with E-state index in [2.05, 4.69) is 10.3 Å². The first-order chi connectivity index (χ1) is 11.6. The molecular formula is C16H10F6N2O. The Labute approximate surface area is 137 Å². The number of fused-ring (bicyclic) bond motifs is 3. The van der Waals surface area contributed by atoms with Crippen molar-refractivity contribution in [2.45, 2.75) is 12.4 Å². The molecule has 1 aliphatic rings. The van der Waals surface area contributed by atoms with Gasteiger partial charge in [-0.2, -0.15) is 26.3 Å². The van der Waals surface area contributed by atoms with Gasteiger partial charge in [0.15, 0.2) is 0 Å². The summed E-state index contributed by atoms with van der Waals surface area (Å²) >= 11 is 0. The molecule has 0 saturated heterocycles. The Balaban J connectivity index is 2.39. The number of halogens is 6. The number of nitrogens with zero attached hydrogens (tertiary/aromatic N) is 1. The van der Waals surface area contributed by atoms with E-state index < -0.39 is 35.0 Å². The summed E-state index contributed by atoms with van der Waals surface area (Å²) in [7, 11) is 0. The minimum Gasteiger partial charge on any atom is -0.382 e. The highest BCUT2D eigenvalue weighted by atomic mass is 19.4. The summed E-state index contributed by atoms with van der Waals surface area (Å²) in [5, 5.41) is 2.80. The maximum absolute atomic E-state index is 13.3. The van der Waals surface area contributed by atoms with Crippen LogP contribution in [0.4, 0.5) is 32.0 Å². The normalized spacial score (nSPS) is 15.2. The summed E-state index contributed by atoms with van der Waals surface area (Å²) in [6.07, 6.45) is -10.1. The van der Waals surface area contributed by atoms with E-state index in [0.717, 1.165) is 0 Å². The average Bonchev–Trinajstić information content (AvgIpc) is 2.74. The summed E-state index contributed by atoms with van der Waals surface area (Å²) in [6.45, 7) is -0.108. The molecule has 1 aliphatic heterocycles. The monoisotopic (exact) mass is 360 g/mol. The molecule has 0 amide bonds. The molecule has 9 heteroatoms. The van der Waals surface area contributed by atoms with Gasteiger partial charge in [-0.3, -0.25) is 9.79 Å². The number of hydrogen-bond acceptors (Lipinski definition) is 3. The maximum atomic E-state index is 13.3.